The van der Waals surface area contributed by atoms with Crippen LogP contribution in [-0.2, 0) is 15.6 Å². The summed E-state index contributed by atoms with van der Waals surface area (Å²) in [7, 11) is -3.01. The van der Waals surface area contributed by atoms with Gasteiger partial charge in [0.2, 0.25) is 0 Å². The lowest BCUT2D eigenvalue weighted by atomic mass is 10.1. The lowest BCUT2D eigenvalue weighted by Crippen LogP contribution is -2.12. The predicted octanol–water partition coefficient (Wildman–Crippen LogP) is 1.65. The molecule has 88 valence electrons. The van der Waals surface area contributed by atoms with Crippen LogP contribution in [0.5, 0.6) is 0 Å². The van der Waals surface area contributed by atoms with Gasteiger partial charge in [-0.1, -0.05) is 37.3 Å². The molecule has 0 aliphatic rings. The van der Waals surface area contributed by atoms with Gasteiger partial charge in [0.25, 0.3) is 0 Å². The van der Waals surface area contributed by atoms with Gasteiger partial charge >= 0.3 is 0 Å². The standard InChI is InChI=1S/C11H15NO2S2/c1-2-6-16(13,14)8-9-4-3-5-10(7-9)11(12)15/h3-5,7H,2,6,8H2,1H3,(H2,12,15). The van der Waals surface area contributed by atoms with E-state index >= 15 is 0 Å². The molecular formula is C11H15NO2S2. The summed E-state index contributed by atoms with van der Waals surface area (Å²) in [6, 6.07) is 7.05. The zero-order chi connectivity index (χ0) is 12.2. The van der Waals surface area contributed by atoms with Crippen molar-refractivity contribution >= 4 is 27.0 Å². The number of rotatable bonds is 5. The molecule has 0 fully saturated rings. The number of benzene rings is 1. The molecule has 0 spiro atoms. The van der Waals surface area contributed by atoms with E-state index in [9.17, 15) is 8.42 Å². The van der Waals surface area contributed by atoms with Gasteiger partial charge in [0.1, 0.15) is 4.99 Å². The molecule has 1 aromatic rings. The first-order chi connectivity index (χ1) is 7.44. The van der Waals surface area contributed by atoms with Crippen molar-refractivity contribution in [1.82, 2.24) is 0 Å². The van der Waals surface area contributed by atoms with Crippen LogP contribution in [0.3, 0.4) is 0 Å². The fourth-order valence-electron chi connectivity index (χ4n) is 1.45. The molecule has 0 heterocycles. The molecule has 0 saturated carbocycles. The van der Waals surface area contributed by atoms with Gasteiger partial charge in [-0.2, -0.15) is 0 Å². The maximum atomic E-state index is 11.6. The molecule has 0 amide bonds. The average molecular weight is 257 g/mol. The van der Waals surface area contributed by atoms with Gasteiger partial charge in [0, 0.05) is 5.56 Å². The number of sulfone groups is 1. The minimum absolute atomic E-state index is 0.0529. The van der Waals surface area contributed by atoms with Gasteiger partial charge in [-0.15, -0.1) is 0 Å². The summed E-state index contributed by atoms with van der Waals surface area (Å²) in [4.78, 5) is 0.287. The van der Waals surface area contributed by atoms with Gasteiger partial charge in [0.05, 0.1) is 11.5 Å². The van der Waals surface area contributed by atoms with E-state index in [4.69, 9.17) is 18.0 Å². The first kappa shape index (κ1) is 13.1. The normalized spacial score (nSPS) is 11.3. The zero-order valence-corrected chi connectivity index (χ0v) is 10.8. The van der Waals surface area contributed by atoms with Crippen molar-refractivity contribution in [3.63, 3.8) is 0 Å². The Bertz CT molecular complexity index is 481. The lowest BCUT2D eigenvalue weighted by molar-refractivity contribution is 0.594. The van der Waals surface area contributed by atoms with Crippen molar-refractivity contribution in [2.75, 3.05) is 5.75 Å². The Hall–Kier alpha value is -0.940. The summed E-state index contributed by atoms with van der Waals surface area (Å²) in [6.45, 7) is 1.85. The van der Waals surface area contributed by atoms with Crippen molar-refractivity contribution in [3.05, 3.63) is 35.4 Å². The van der Waals surface area contributed by atoms with Crippen molar-refractivity contribution in [2.24, 2.45) is 5.73 Å². The quantitative estimate of drug-likeness (QED) is 0.815. The molecule has 1 rings (SSSR count). The van der Waals surface area contributed by atoms with Crippen LogP contribution in [0.2, 0.25) is 0 Å². The van der Waals surface area contributed by atoms with E-state index < -0.39 is 9.84 Å². The van der Waals surface area contributed by atoms with Gasteiger partial charge in [-0.05, 0) is 18.1 Å². The maximum Gasteiger partial charge on any atom is 0.154 e. The molecule has 0 aliphatic heterocycles. The molecule has 0 radical (unpaired) electrons. The highest BCUT2D eigenvalue weighted by molar-refractivity contribution is 7.90. The number of hydrogen-bond acceptors (Lipinski definition) is 3. The summed E-state index contributed by atoms with van der Waals surface area (Å²) >= 11 is 4.84. The van der Waals surface area contributed by atoms with Gasteiger partial charge < -0.3 is 5.73 Å². The summed E-state index contributed by atoms with van der Waals surface area (Å²) in [5, 5.41) is 0. The molecule has 0 unspecified atom stereocenters. The second kappa shape index (κ2) is 5.41. The van der Waals surface area contributed by atoms with Crippen LogP contribution >= 0.6 is 12.2 Å². The molecule has 0 atom stereocenters. The van der Waals surface area contributed by atoms with Gasteiger partial charge in [-0.25, -0.2) is 8.42 Å². The smallest absolute Gasteiger partial charge is 0.154 e. The molecule has 0 aromatic heterocycles. The molecule has 1 aromatic carbocycles. The third-order valence-electron chi connectivity index (χ3n) is 2.11. The average Bonchev–Trinajstić information content (AvgIpc) is 2.17. The Morgan fingerprint density at radius 3 is 2.69 bits per heavy atom. The van der Waals surface area contributed by atoms with E-state index in [1.54, 1.807) is 24.3 Å². The Kier molecular flexibility index (Phi) is 4.44. The van der Waals surface area contributed by atoms with Gasteiger partial charge in [0.15, 0.2) is 9.84 Å². The van der Waals surface area contributed by atoms with E-state index in [1.807, 2.05) is 6.92 Å². The monoisotopic (exact) mass is 257 g/mol. The third kappa shape index (κ3) is 3.90. The maximum absolute atomic E-state index is 11.6. The van der Waals surface area contributed by atoms with Crippen molar-refractivity contribution in [1.29, 1.82) is 0 Å². The topological polar surface area (TPSA) is 60.2 Å². The number of nitrogens with two attached hydrogens (primary N) is 1. The van der Waals surface area contributed by atoms with Crippen molar-refractivity contribution < 1.29 is 8.42 Å². The van der Waals surface area contributed by atoms with E-state index in [1.165, 1.54) is 0 Å². The lowest BCUT2D eigenvalue weighted by Gasteiger charge is -2.05. The fourth-order valence-corrected chi connectivity index (χ4v) is 3.03. The highest BCUT2D eigenvalue weighted by Crippen LogP contribution is 2.10. The third-order valence-corrected chi connectivity index (χ3v) is 4.15. The Balaban J connectivity index is 2.90. The van der Waals surface area contributed by atoms with E-state index in [0.717, 1.165) is 5.56 Å². The van der Waals surface area contributed by atoms with Gasteiger partial charge in [-0.3, -0.25) is 0 Å². The first-order valence-electron chi connectivity index (χ1n) is 5.04. The van der Waals surface area contributed by atoms with Crippen LogP contribution in [0.15, 0.2) is 24.3 Å². The molecule has 5 heteroatoms. The van der Waals surface area contributed by atoms with Crippen molar-refractivity contribution in [2.45, 2.75) is 19.1 Å². The molecular weight excluding hydrogens is 242 g/mol. The highest BCUT2D eigenvalue weighted by Gasteiger charge is 2.11. The highest BCUT2D eigenvalue weighted by atomic mass is 32.2. The zero-order valence-electron chi connectivity index (χ0n) is 9.14. The summed E-state index contributed by atoms with van der Waals surface area (Å²) in [5.74, 6) is 0.265. The number of thiocarbonyl (C=S) groups is 1. The second-order valence-electron chi connectivity index (χ2n) is 3.66. The molecule has 0 bridgehead atoms. The summed E-state index contributed by atoms with van der Waals surface area (Å²) in [6.07, 6.45) is 0.636. The Morgan fingerprint density at radius 1 is 1.44 bits per heavy atom. The van der Waals surface area contributed by atoms with Crippen molar-refractivity contribution in [3.8, 4) is 0 Å². The Morgan fingerprint density at radius 2 is 2.12 bits per heavy atom. The second-order valence-corrected chi connectivity index (χ2v) is 6.28. The predicted molar refractivity (Wildman–Crippen MR) is 70.1 cm³/mol. The molecule has 0 aliphatic carbocycles. The first-order valence-corrected chi connectivity index (χ1v) is 7.27. The largest absolute Gasteiger partial charge is 0.389 e. The van der Waals surface area contributed by atoms with Crippen LogP contribution in [0.4, 0.5) is 0 Å². The molecule has 2 N–H and O–H groups in total. The minimum Gasteiger partial charge on any atom is -0.389 e. The van der Waals surface area contributed by atoms with Crippen LogP contribution < -0.4 is 5.73 Å². The summed E-state index contributed by atoms with van der Waals surface area (Å²) < 4.78 is 23.2. The van der Waals surface area contributed by atoms with Crippen LogP contribution in [0, 0.1) is 0 Å². The van der Waals surface area contributed by atoms with Crippen LogP contribution in [-0.4, -0.2) is 19.2 Å². The minimum atomic E-state index is -3.01. The van der Waals surface area contributed by atoms with Crippen LogP contribution in [0.25, 0.3) is 0 Å². The SMILES string of the molecule is CCCS(=O)(=O)Cc1cccc(C(N)=S)c1. The van der Waals surface area contributed by atoms with E-state index in [0.29, 0.717) is 12.0 Å². The van der Waals surface area contributed by atoms with Crippen LogP contribution in [0.1, 0.15) is 24.5 Å². The fraction of sp³-hybridized carbons (Fsp3) is 0.364. The molecule has 0 saturated heterocycles. The molecule has 3 nitrogen and oxygen atoms in total. The van der Waals surface area contributed by atoms with E-state index in [2.05, 4.69) is 0 Å². The van der Waals surface area contributed by atoms with E-state index in [-0.39, 0.29) is 16.5 Å². The molecule has 16 heavy (non-hydrogen) atoms. The summed E-state index contributed by atoms with van der Waals surface area (Å²) in [5.41, 5.74) is 6.93. The number of hydrogen-bond donors (Lipinski definition) is 1. The Labute approximate surface area is 102 Å².